The number of halogens is 3. The van der Waals surface area contributed by atoms with Crippen LogP contribution in [-0.4, -0.2) is 55.6 Å². The summed E-state index contributed by atoms with van der Waals surface area (Å²) in [4.78, 5) is 30.9. The first-order valence-corrected chi connectivity index (χ1v) is 9.58. The molecular formula is C17H18BrF2N5O2. The number of aryl methyl sites for hydroxylation is 1. The van der Waals surface area contributed by atoms with E-state index in [0.717, 1.165) is 10.0 Å². The van der Waals surface area contributed by atoms with E-state index in [2.05, 4.69) is 26.0 Å². The van der Waals surface area contributed by atoms with Gasteiger partial charge in [0, 0.05) is 23.3 Å². The topological polar surface area (TPSA) is 73.0 Å². The number of rotatable bonds is 3. The third kappa shape index (κ3) is 3.42. The SMILES string of the molecule is O=C(C1CCCc2nn(Cc3cncc(Br)c3)c(=O)n21)N1CC(F)C(F)C1. The Hall–Kier alpha value is -2.10. The van der Waals surface area contributed by atoms with Crippen molar-refractivity contribution in [1.29, 1.82) is 0 Å². The molecule has 0 bridgehead atoms. The average molecular weight is 442 g/mol. The Labute approximate surface area is 162 Å². The van der Waals surface area contributed by atoms with E-state index in [4.69, 9.17) is 0 Å². The van der Waals surface area contributed by atoms with Crippen LogP contribution in [0.5, 0.6) is 0 Å². The van der Waals surface area contributed by atoms with Gasteiger partial charge in [-0.3, -0.25) is 14.3 Å². The molecule has 0 radical (unpaired) electrons. The zero-order chi connectivity index (χ0) is 19.1. The van der Waals surface area contributed by atoms with Crippen LogP contribution in [0.25, 0.3) is 0 Å². The molecule has 7 nitrogen and oxygen atoms in total. The van der Waals surface area contributed by atoms with Gasteiger partial charge in [0.05, 0.1) is 19.6 Å². The molecule has 27 heavy (non-hydrogen) atoms. The molecule has 144 valence electrons. The molecule has 2 aromatic heterocycles. The number of hydrogen-bond acceptors (Lipinski definition) is 4. The van der Waals surface area contributed by atoms with Crippen LogP contribution in [0.1, 0.15) is 30.3 Å². The van der Waals surface area contributed by atoms with Gasteiger partial charge >= 0.3 is 5.69 Å². The number of nitrogens with zero attached hydrogens (tertiary/aromatic N) is 5. The number of fused-ring (bicyclic) bond motifs is 1. The molecule has 0 saturated carbocycles. The van der Waals surface area contributed by atoms with Crippen molar-refractivity contribution < 1.29 is 13.6 Å². The lowest BCUT2D eigenvalue weighted by Crippen LogP contribution is -2.42. The summed E-state index contributed by atoms with van der Waals surface area (Å²) in [6, 6.07) is 1.08. The van der Waals surface area contributed by atoms with E-state index in [1.165, 1.54) is 14.1 Å². The van der Waals surface area contributed by atoms with Gasteiger partial charge in [0.2, 0.25) is 5.91 Å². The highest BCUT2D eigenvalue weighted by Crippen LogP contribution is 2.27. The smallest absolute Gasteiger partial charge is 0.335 e. The van der Waals surface area contributed by atoms with E-state index in [1.54, 1.807) is 12.4 Å². The zero-order valence-electron chi connectivity index (χ0n) is 14.4. The molecule has 1 amide bonds. The standard InChI is InChI=1S/C17H18BrF2N5O2/c18-11-4-10(5-21-6-11)7-24-17(27)25-14(2-1-3-15(25)22-24)16(26)23-8-12(19)13(20)9-23/h4-6,12-14H,1-3,7-9H2. The van der Waals surface area contributed by atoms with Crippen LogP contribution in [0.15, 0.2) is 27.7 Å². The summed E-state index contributed by atoms with van der Waals surface area (Å²) < 4.78 is 30.5. The van der Waals surface area contributed by atoms with Crippen LogP contribution in [0.3, 0.4) is 0 Å². The Morgan fingerprint density at radius 1 is 1.26 bits per heavy atom. The van der Waals surface area contributed by atoms with Gasteiger partial charge in [0.15, 0.2) is 12.3 Å². The number of carbonyl (C=O) groups is 1. The molecule has 0 N–H and O–H groups in total. The lowest BCUT2D eigenvalue weighted by atomic mass is 10.0. The Balaban J connectivity index is 1.62. The van der Waals surface area contributed by atoms with Crippen molar-refractivity contribution >= 4 is 21.8 Å². The van der Waals surface area contributed by atoms with E-state index in [1.807, 2.05) is 6.07 Å². The summed E-state index contributed by atoms with van der Waals surface area (Å²) in [5.74, 6) is 0.116. The highest BCUT2D eigenvalue weighted by molar-refractivity contribution is 9.10. The highest BCUT2D eigenvalue weighted by atomic mass is 79.9. The second-order valence-corrected chi connectivity index (χ2v) is 7.84. The van der Waals surface area contributed by atoms with Gasteiger partial charge < -0.3 is 4.90 Å². The normalized spacial score (nSPS) is 24.9. The lowest BCUT2D eigenvalue weighted by Gasteiger charge is -2.26. The number of pyridine rings is 1. The van der Waals surface area contributed by atoms with Crippen molar-refractivity contribution in [2.75, 3.05) is 13.1 Å². The average Bonchev–Trinajstić information content (AvgIpc) is 3.14. The first kappa shape index (κ1) is 18.3. The van der Waals surface area contributed by atoms with Crippen LogP contribution in [0.4, 0.5) is 8.78 Å². The molecule has 1 saturated heterocycles. The molecule has 0 aromatic carbocycles. The molecule has 3 atom stereocenters. The number of carbonyl (C=O) groups excluding carboxylic acids is 1. The number of likely N-dealkylation sites (tertiary alicyclic amines) is 1. The second kappa shape index (κ2) is 7.14. The summed E-state index contributed by atoms with van der Waals surface area (Å²) in [7, 11) is 0. The van der Waals surface area contributed by atoms with Crippen LogP contribution in [-0.2, 0) is 17.8 Å². The van der Waals surface area contributed by atoms with E-state index >= 15 is 0 Å². The van der Waals surface area contributed by atoms with Crippen LogP contribution >= 0.6 is 15.9 Å². The predicted molar refractivity (Wildman–Crippen MR) is 95.9 cm³/mol. The Bertz CT molecular complexity index is 920. The third-order valence-corrected chi connectivity index (χ3v) is 5.44. The van der Waals surface area contributed by atoms with E-state index < -0.39 is 30.0 Å². The van der Waals surface area contributed by atoms with Crippen molar-refractivity contribution in [3.63, 3.8) is 0 Å². The summed E-state index contributed by atoms with van der Waals surface area (Å²) in [5, 5.41) is 4.37. The number of amides is 1. The zero-order valence-corrected chi connectivity index (χ0v) is 16.0. The molecule has 0 aliphatic carbocycles. The minimum absolute atomic E-state index is 0.231. The molecule has 2 aromatic rings. The Morgan fingerprint density at radius 3 is 2.70 bits per heavy atom. The van der Waals surface area contributed by atoms with Crippen molar-refractivity contribution in [2.45, 2.75) is 44.2 Å². The van der Waals surface area contributed by atoms with Crippen LogP contribution < -0.4 is 5.69 Å². The fourth-order valence-electron chi connectivity index (χ4n) is 3.70. The molecule has 1 fully saturated rings. The first-order chi connectivity index (χ1) is 12.9. The van der Waals surface area contributed by atoms with Crippen molar-refractivity contribution in [3.8, 4) is 0 Å². The monoisotopic (exact) mass is 441 g/mol. The first-order valence-electron chi connectivity index (χ1n) is 8.78. The predicted octanol–water partition coefficient (Wildman–Crippen LogP) is 1.65. The molecule has 4 heterocycles. The highest BCUT2D eigenvalue weighted by Gasteiger charge is 2.40. The maximum absolute atomic E-state index is 13.5. The molecule has 10 heteroatoms. The minimum atomic E-state index is -1.67. The molecule has 2 aliphatic rings. The largest absolute Gasteiger partial charge is 0.346 e. The minimum Gasteiger partial charge on any atom is -0.335 e. The quantitative estimate of drug-likeness (QED) is 0.725. The van der Waals surface area contributed by atoms with Crippen LogP contribution in [0.2, 0.25) is 0 Å². The van der Waals surface area contributed by atoms with Crippen LogP contribution in [0, 0.1) is 0 Å². The van der Waals surface area contributed by atoms with E-state index in [9.17, 15) is 18.4 Å². The maximum Gasteiger partial charge on any atom is 0.346 e. The van der Waals surface area contributed by atoms with Gasteiger partial charge in [-0.25, -0.2) is 18.3 Å². The number of aromatic nitrogens is 4. The van der Waals surface area contributed by atoms with Gasteiger partial charge in [0.25, 0.3) is 0 Å². The van der Waals surface area contributed by atoms with E-state index in [-0.39, 0.29) is 19.6 Å². The van der Waals surface area contributed by atoms with Crippen molar-refractivity contribution in [1.82, 2.24) is 24.2 Å². The molecule has 4 rings (SSSR count). The Kier molecular flexibility index (Phi) is 4.83. The van der Waals surface area contributed by atoms with Gasteiger partial charge in [0.1, 0.15) is 11.9 Å². The molecule has 0 spiro atoms. The number of hydrogen-bond donors (Lipinski definition) is 0. The maximum atomic E-state index is 13.5. The Morgan fingerprint density at radius 2 is 2.00 bits per heavy atom. The van der Waals surface area contributed by atoms with Gasteiger partial charge in [-0.05, 0) is 40.4 Å². The lowest BCUT2D eigenvalue weighted by molar-refractivity contribution is -0.134. The van der Waals surface area contributed by atoms with E-state index in [0.29, 0.717) is 25.1 Å². The summed E-state index contributed by atoms with van der Waals surface area (Å²) in [5.41, 5.74) is 0.403. The summed E-state index contributed by atoms with van der Waals surface area (Å²) >= 11 is 3.34. The van der Waals surface area contributed by atoms with Gasteiger partial charge in [-0.15, -0.1) is 0 Å². The summed E-state index contributed by atoms with van der Waals surface area (Å²) in [6.45, 7) is -0.300. The van der Waals surface area contributed by atoms with Gasteiger partial charge in [-0.2, -0.15) is 5.10 Å². The van der Waals surface area contributed by atoms with Gasteiger partial charge in [-0.1, -0.05) is 0 Å². The molecule has 2 aliphatic heterocycles. The van der Waals surface area contributed by atoms with Crippen molar-refractivity contribution in [3.05, 3.63) is 44.8 Å². The fraction of sp³-hybridized carbons (Fsp3) is 0.529. The number of alkyl halides is 2. The molecular weight excluding hydrogens is 424 g/mol. The second-order valence-electron chi connectivity index (χ2n) is 6.92. The fourth-order valence-corrected chi connectivity index (χ4v) is 4.11. The van der Waals surface area contributed by atoms with Crippen molar-refractivity contribution in [2.24, 2.45) is 0 Å². The third-order valence-electron chi connectivity index (χ3n) is 5.00. The summed E-state index contributed by atoms with van der Waals surface area (Å²) in [6.07, 6.45) is 1.69. The molecule has 3 unspecified atom stereocenters.